The summed E-state index contributed by atoms with van der Waals surface area (Å²) in [5.41, 5.74) is -5.31. The zero-order chi connectivity index (χ0) is 17.7. The Balaban J connectivity index is 2.38. The van der Waals surface area contributed by atoms with Gasteiger partial charge >= 0.3 is 11.8 Å². The summed E-state index contributed by atoms with van der Waals surface area (Å²) >= 11 is 0. The van der Waals surface area contributed by atoms with Gasteiger partial charge in [-0.05, 0) is 37.6 Å². The Kier molecular flexibility index (Phi) is 3.56. The number of aryl methyl sites for hydroxylation is 2. The van der Waals surface area contributed by atoms with Gasteiger partial charge in [-0.3, -0.25) is 0 Å². The molecule has 0 aliphatic carbocycles. The van der Waals surface area contributed by atoms with Crippen LogP contribution in [-0.4, -0.2) is 16.3 Å². The van der Waals surface area contributed by atoms with Crippen LogP contribution in [0, 0.1) is 13.8 Å². The molecule has 0 aliphatic heterocycles. The molecule has 2 aromatic heterocycles. The lowest BCUT2D eigenvalue weighted by atomic mass is 9.88. The minimum absolute atomic E-state index is 0.148. The molecular formula is C17H14F3NO3. The van der Waals surface area contributed by atoms with Crippen LogP contribution < -0.4 is 5.63 Å². The van der Waals surface area contributed by atoms with E-state index in [-0.39, 0.29) is 16.5 Å². The molecule has 7 heteroatoms. The summed E-state index contributed by atoms with van der Waals surface area (Å²) in [7, 11) is 0. The number of rotatable bonds is 2. The fourth-order valence-corrected chi connectivity index (χ4v) is 2.85. The van der Waals surface area contributed by atoms with Gasteiger partial charge in [-0.15, -0.1) is 0 Å². The van der Waals surface area contributed by atoms with Crippen molar-refractivity contribution < 1.29 is 22.7 Å². The van der Waals surface area contributed by atoms with Crippen molar-refractivity contribution in [3.05, 3.63) is 69.3 Å². The van der Waals surface area contributed by atoms with E-state index in [1.807, 2.05) is 0 Å². The van der Waals surface area contributed by atoms with Gasteiger partial charge in [-0.25, -0.2) is 4.79 Å². The summed E-state index contributed by atoms with van der Waals surface area (Å²) in [6, 6.07) is 8.66. The van der Waals surface area contributed by atoms with Crippen molar-refractivity contribution in [1.29, 1.82) is 0 Å². The van der Waals surface area contributed by atoms with Gasteiger partial charge in [0.25, 0.3) is 0 Å². The second kappa shape index (κ2) is 5.24. The van der Waals surface area contributed by atoms with E-state index in [0.717, 1.165) is 6.07 Å². The van der Waals surface area contributed by atoms with Gasteiger partial charge in [-0.1, -0.05) is 18.2 Å². The van der Waals surface area contributed by atoms with Gasteiger partial charge in [0.2, 0.25) is 5.60 Å². The fourth-order valence-electron chi connectivity index (χ4n) is 2.85. The van der Waals surface area contributed by atoms with Gasteiger partial charge in [-0.2, -0.15) is 13.2 Å². The molecule has 24 heavy (non-hydrogen) atoms. The summed E-state index contributed by atoms with van der Waals surface area (Å²) in [5, 5.41) is 10.9. The molecule has 0 amide bonds. The van der Waals surface area contributed by atoms with Crippen molar-refractivity contribution in [2.45, 2.75) is 25.6 Å². The Bertz CT molecular complexity index is 971. The SMILES string of the molecule is Cc1cc(C)c(C(O)(c2cc3ccccc3oc2=O)C(F)(F)F)[nH]1. The summed E-state index contributed by atoms with van der Waals surface area (Å²) < 4.78 is 46.4. The first-order valence-electron chi connectivity index (χ1n) is 7.13. The van der Waals surface area contributed by atoms with Crippen molar-refractivity contribution in [1.82, 2.24) is 4.98 Å². The lowest BCUT2D eigenvalue weighted by Gasteiger charge is -2.30. The van der Waals surface area contributed by atoms with E-state index < -0.39 is 28.7 Å². The lowest BCUT2D eigenvalue weighted by Crippen LogP contribution is -2.47. The number of benzene rings is 1. The zero-order valence-corrected chi connectivity index (χ0v) is 12.9. The molecule has 1 aromatic carbocycles. The van der Waals surface area contributed by atoms with E-state index in [2.05, 4.69) is 4.98 Å². The zero-order valence-electron chi connectivity index (χ0n) is 12.9. The second-order valence-corrected chi connectivity index (χ2v) is 5.70. The third-order valence-electron chi connectivity index (χ3n) is 3.95. The van der Waals surface area contributed by atoms with Crippen LogP contribution in [0.25, 0.3) is 11.0 Å². The summed E-state index contributed by atoms with van der Waals surface area (Å²) in [4.78, 5) is 14.7. The Hall–Kier alpha value is -2.54. The van der Waals surface area contributed by atoms with E-state index in [0.29, 0.717) is 5.69 Å². The smallest absolute Gasteiger partial charge is 0.422 e. The van der Waals surface area contributed by atoms with Crippen molar-refractivity contribution in [3.63, 3.8) is 0 Å². The summed E-state index contributed by atoms with van der Waals surface area (Å²) in [6.45, 7) is 2.99. The number of hydrogen-bond acceptors (Lipinski definition) is 3. The van der Waals surface area contributed by atoms with Crippen LogP contribution >= 0.6 is 0 Å². The molecular weight excluding hydrogens is 323 g/mol. The number of H-pyrrole nitrogens is 1. The van der Waals surface area contributed by atoms with Gasteiger partial charge in [0.15, 0.2) is 0 Å². The molecule has 0 saturated heterocycles. The number of halogens is 3. The number of hydrogen-bond donors (Lipinski definition) is 2. The molecule has 0 fully saturated rings. The predicted molar refractivity (Wildman–Crippen MR) is 81.8 cm³/mol. The molecule has 2 N–H and O–H groups in total. The van der Waals surface area contributed by atoms with Gasteiger partial charge in [0, 0.05) is 11.1 Å². The third-order valence-corrected chi connectivity index (χ3v) is 3.95. The van der Waals surface area contributed by atoms with Crippen LogP contribution in [-0.2, 0) is 5.60 Å². The topological polar surface area (TPSA) is 66.2 Å². The van der Waals surface area contributed by atoms with E-state index in [1.54, 1.807) is 19.1 Å². The van der Waals surface area contributed by atoms with Crippen molar-refractivity contribution in [2.24, 2.45) is 0 Å². The molecule has 0 spiro atoms. The average Bonchev–Trinajstić information content (AvgIpc) is 2.83. The van der Waals surface area contributed by atoms with Crippen molar-refractivity contribution in [3.8, 4) is 0 Å². The molecule has 3 rings (SSSR count). The number of nitrogens with one attached hydrogen (secondary N) is 1. The van der Waals surface area contributed by atoms with Gasteiger partial charge in [0.1, 0.15) is 5.58 Å². The quantitative estimate of drug-likeness (QED) is 0.703. The minimum Gasteiger partial charge on any atom is -0.422 e. The number of aromatic amines is 1. The maximum absolute atomic E-state index is 13.8. The Labute approximate surface area is 134 Å². The van der Waals surface area contributed by atoms with Crippen LogP contribution in [0.1, 0.15) is 22.5 Å². The first-order chi connectivity index (χ1) is 11.1. The van der Waals surface area contributed by atoms with Crippen LogP contribution in [0.5, 0.6) is 0 Å². The fraction of sp³-hybridized carbons (Fsp3) is 0.235. The van der Waals surface area contributed by atoms with E-state index in [1.165, 1.54) is 25.1 Å². The summed E-state index contributed by atoms with van der Waals surface area (Å²) in [6.07, 6.45) is -5.12. The number of aromatic nitrogens is 1. The average molecular weight is 337 g/mol. The second-order valence-electron chi connectivity index (χ2n) is 5.70. The monoisotopic (exact) mass is 337 g/mol. The minimum atomic E-state index is -5.12. The number of aliphatic hydroxyl groups is 1. The van der Waals surface area contributed by atoms with Crippen molar-refractivity contribution in [2.75, 3.05) is 0 Å². The highest BCUT2D eigenvalue weighted by atomic mass is 19.4. The summed E-state index contributed by atoms with van der Waals surface area (Å²) in [5.74, 6) is 0. The number of alkyl halides is 3. The normalized spacial score (nSPS) is 14.8. The standard InChI is InChI=1S/C17H14F3NO3/c1-9-7-10(2)21-14(9)16(23,17(18,19)20)12-8-11-5-3-4-6-13(11)24-15(12)22/h3-8,21,23H,1-2H3. The van der Waals surface area contributed by atoms with Crippen LogP contribution in [0.2, 0.25) is 0 Å². The van der Waals surface area contributed by atoms with Gasteiger partial charge < -0.3 is 14.5 Å². The maximum atomic E-state index is 13.8. The molecule has 1 atom stereocenters. The van der Waals surface area contributed by atoms with E-state index >= 15 is 0 Å². The highest BCUT2D eigenvalue weighted by molar-refractivity contribution is 5.77. The molecule has 4 nitrogen and oxygen atoms in total. The number of para-hydroxylation sites is 1. The van der Waals surface area contributed by atoms with Gasteiger partial charge in [0.05, 0.1) is 11.3 Å². The van der Waals surface area contributed by atoms with Crippen molar-refractivity contribution >= 4 is 11.0 Å². The molecule has 0 bridgehead atoms. The molecule has 0 radical (unpaired) electrons. The maximum Gasteiger partial charge on any atom is 0.427 e. The first kappa shape index (κ1) is 16.3. The highest BCUT2D eigenvalue weighted by Gasteiger charge is 2.59. The van der Waals surface area contributed by atoms with E-state index in [4.69, 9.17) is 4.42 Å². The third kappa shape index (κ3) is 2.32. The number of fused-ring (bicyclic) bond motifs is 1. The van der Waals surface area contributed by atoms with Crippen LogP contribution in [0.3, 0.4) is 0 Å². The van der Waals surface area contributed by atoms with Crippen LogP contribution in [0.4, 0.5) is 13.2 Å². The Morgan fingerprint density at radius 2 is 1.79 bits per heavy atom. The highest BCUT2D eigenvalue weighted by Crippen LogP contribution is 2.44. The molecule has 126 valence electrons. The Morgan fingerprint density at radius 1 is 1.12 bits per heavy atom. The molecule has 1 unspecified atom stereocenters. The van der Waals surface area contributed by atoms with Crippen LogP contribution in [0.15, 0.2) is 45.6 Å². The molecule has 0 saturated carbocycles. The Morgan fingerprint density at radius 3 is 2.38 bits per heavy atom. The molecule has 2 heterocycles. The predicted octanol–water partition coefficient (Wildman–Crippen LogP) is 3.54. The lowest BCUT2D eigenvalue weighted by molar-refractivity contribution is -0.250. The largest absolute Gasteiger partial charge is 0.427 e. The van der Waals surface area contributed by atoms with E-state index in [9.17, 15) is 23.1 Å². The first-order valence-corrected chi connectivity index (χ1v) is 7.13. The molecule has 0 aliphatic rings. The molecule has 3 aromatic rings.